The second-order valence-corrected chi connectivity index (χ2v) is 9.40. The average Bonchev–Trinajstić information content (AvgIpc) is 3.63. The largest absolute Gasteiger partial charge is 0.483 e. The van der Waals surface area contributed by atoms with Gasteiger partial charge >= 0.3 is 0 Å². The molecule has 3 atom stereocenters. The maximum Gasteiger partial charge on any atom is 0.290 e. The first kappa shape index (κ1) is 28.3. The number of nitrogens with zero attached hydrogens (tertiary/aromatic N) is 4. The summed E-state index contributed by atoms with van der Waals surface area (Å²) in [4.78, 5) is 35.3. The standard InChI is InChI=1S/C22H32N6O3.2CH2O2/c29-21(23-14-18-4-10-31-26-18)22-5-1-20(28-8-11-30-12-9-28)13-17(22)3-7-27(16-22)15-19-2-6-24-25-19;2*2-1-3/h2,4,6,10,17,20H,1,3,5,7-9,11-16H2,(H,23,29)(H,24,25);2*1H,(H,2,3)/t17-,20+,22-;;/m1../s1. The van der Waals surface area contributed by atoms with Crippen molar-refractivity contribution >= 4 is 18.9 Å². The van der Waals surface area contributed by atoms with E-state index in [1.54, 1.807) is 18.5 Å². The van der Waals surface area contributed by atoms with Gasteiger partial charge in [0, 0.05) is 50.2 Å². The number of hydrogen-bond acceptors (Lipinski definition) is 9. The van der Waals surface area contributed by atoms with E-state index in [0.29, 0.717) is 18.5 Å². The van der Waals surface area contributed by atoms with E-state index < -0.39 is 0 Å². The Morgan fingerprint density at radius 2 is 1.95 bits per heavy atom. The van der Waals surface area contributed by atoms with Crippen LogP contribution in [0, 0.1) is 11.3 Å². The lowest BCUT2D eigenvalue weighted by atomic mass is 9.61. The van der Waals surface area contributed by atoms with Crippen LogP contribution in [0.4, 0.5) is 0 Å². The third-order valence-electron chi connectivity index (χ3n) is 7.45. The Bertz CT molecular complexity index is 930. The van der Waals surface area contributed by atoms with E-state index in [2.05, 4.69) is 30.5 Å². The molecule has 3 aliphatic rings. The number of aromatic nitrogens is 3. The van der Waals surface area contributed by atoms with Gasteiger partial charge in [-0.25, -0.2) is 0 Å². The number of hydrogen-bond donors (Lipinski definition) is 4. The molecule has 3 fully saturated rings. The number of aromatic amines is 1. The molecule has 0 bridgehead atoms. The highest BCUT2D eigenvalue weighted by atomic mass is 16.5. The fourth-order valence-corrected chi connectivity index (χ4v) is 5.79. The normalized spacial score (nSPS) is 25.8. The quantitative estimate of drug-likeness (QED) is 0.397. The van der Waals surface area contributed by atoms with Crippen LogP contribution < -0.4 is 5.32 Å². The first-order valence-corrected chi connectivity index (χ1v) is 12.4. The minimum absolute atomic E-state index is 0.162. The predicted octanol–water partition coefficient (Wildman–Crippen LogP) is 0.809. The van der Waals surface area contributed by atoms with Gasteiger partial charge in [0.15, 0.2) is 0 Å². The second kappa shape index (κ2) is 14.4. The predicted molar refractivity (Wildman–Crippen MR) is 130 cm³/mol. The van der Waals surface area contributed by atoms with Gasteiger partial charge in [0.25, 0.3) is 12.9 Å². The number of morpholine rings is 1. The van der Waals surface area contributed by atoms with Crippen LogP contribution in [0.2, 0.25) is 0 Å². The molecule has 0 radical (unpaired) electrons. The van der Waals surface area contributed by atoms with Gasteiger partial charge < -0.3 is 24.8 Å². The maximum absolute atomic E-state index is 13.6. The number of fused-ring (bicyclic) bond motifs is 1. The third kappa shape index (κ3) is 7.60. The number of carbonyl (C=O) groups excluding carboxylic acids is 1. The van der Waals surface area contributed by atoms with Crippen LogP contribution in [0.25, 0.3) is 0 Å². The molecule has 2 aromatic heterocycles. The van der Waals surface area contributed by atoms with Crippen LogP contribution in [0.5, 0.6) is 0 Å². The molecule has 2 saturated heterocycles. The van der Waals surface area contributed by atoms with Gasteiger partial charge in [-0.1, -0.05) is 5.16 Å². The molecular formula is C24H36N6O7. The Labute approximate surface area is 215 Å². The highest BCUT2D eigenvalue weighted by Gasteiger charge is 2.52. The summed E-state index contributed by atoms with van der Waals surface area (Å²) >= 11 is 0. The van der Waals surface area contributed by atoms with Crippen LogP contribution in [0.1, 0.15) is 37.1 Å². The Morgan fingerprint density at radius 1 is 1.19 bits per heavy atom. The van der Waals surface area contributed by atoms with E-state index in [-0.39, 0.29) is 24.3 Å². The number of carbonyl (C=O) groups is 3. The molecule has 2 aromatic rings. The highest BCUT2D eigenvalue weighted by Crippen LogP contribution is 2.48. The summed E-state index contributed by atoms with van der Waals surface area (Å²) in [7, 11) is 0. The summed E-state index contributed by atoms with van der Waals surface area (Å²) in [5, 5.41) is 28.0. The lowest BCUT2D eigenvalue weighted by Gasteiger charge is -2.53. The average molecular weight is 521 g/mol. The minimum atomic E-state index is -0.356. The molecule has 1 saturated carbocycles. The molecular weight excluding hydrogens is 484 g/mol. The summed E-state index contributed by atoms with van der Waals surface area (Å²) in [6.07, 6.45) is 7.45. The van der Waals surface area contributed by atoms with Crippen molar-refractivity contribution in [1.82, 2.24) is 30.5 Å². The first-order valence-electron chi connectivity index (χ1n) is 12.4. The molecule has 0 aromatic carbocycles. The van der Waals surface area contributed by atoms with Crippen LogP contribution in [-0.2, 0) is 32.2 Å². The van der Waals surface area contributed by atoms with E-state index in [0.717, 1.165) is 83.0 Å². The maximum atomic E-state index is 13.6. The molecule has 37 heavy (non-hydrogen) atoms. The van der Waals surface area contributed by atoms with E-state index in [1.807, 2.05) is 6.07 Å². The van der Waals surface area contributed by atoms with E-state index in [4.69, 9.17) is 29.1 Å². The number of ether oxygens (including phenoxy) is 1. The van der Waals surface area contributed by atoms with E-state index in [1.165, 1.54) is 0 Å². The minimum Gasteiger partial charge on any atom is -0.483 e. The smallest absolute Gasteiger partial charge is 0.290 e. The molecule has 1 aliphatic carbocycles. The first-order chi connectivity index (χ1) is 18.1. The van der Waals surface area contributed by atoms with Crippen LogP contribution >= 0.6 is 0 Å². The molecule has 13 heteroatoms. The van der Waals surface area contributed by atoms with Crippen molar-refractivity contribution in [2.45, 2.75) is 44.8 Å². The zero-order valence-electron chi connectivity index (χ0n) is 20.8. The molecule has 0 unspecified atom stereocenters. The number of likely N-dealkylation sites (tertiary alicyclic amines) is 1. The van der Waals surface area contributed by atoms with Gasteiger partial charge in [0.05, 0.1) is 25.2 Å². The molecule has 5 rings (SSSR count). The topological polar surface area (TPSA) is 174 Å². The summed E-state index contributed by atoms with van der Waals surface area (Å²) < 4.78 is 10.5. The molecule has 0 spiro atoms. The van der Waals surface area contributed by atoms with Gasteiger partial charge in [-0.3, -0.25) is 29.3 Å². The van der Waals surface area contributed by atoms with Gasteiger partial charge in [-0.05, 0) is 44.2 Å². The summed E-state index contributed by atoms with van der Waals surface area (Å²) in [5.41, 5.74) is 1.50. The van der Waals surface area contributed by atoms with Crippen LogP contribution in [-0.4, -0.2) is 99.7 Å². The van der Waals surface area contributed by atoms with Crippen molar-refractivity contribution < 1.29 is 33.9 Å². The van der Waals surface area contributed by atoms with Gasteiger partial charge in [0.2, 0.25) is 5.91 Å². The van der Waals surface area contributed by atoms with Gasteiger partial charge in [-0.15, -0.1) is 0 Å². The molecule has 1 amide bonds. The van der Waals surface area contributed by atoms with E-state index >= 15 is 0 Å². The summed E-state index contributed by atoms with van der Waals surface area (Å²) in [6.45, 7) is 6.18. The number of amides is 1. The Balaban J connectivity index is 0.000000580. The fourth-order valence-electron chi connectivity index (χ4n) is 5.79. The van der Waals surface area contributed by atoms with Crippen LogP contribution in [0.3, 0.4) is 0 Å². The number of rotatable bonds is 6. The van der Waals surface area contributed by atoms with Crippen molar-refractivity contribution in [3.05, 3.63) is 36.0 Å². The lowest BCUT2D eigenvalue weighted by molar-refractivity contribution is -0.145. The van der Waals surface area contributed by atoms with Crippen molar-refractivity contribution in [3.63, 3.8) is 0 Å². The summed E-state index contributed by atoms with van der Waals surface area (Å²) in [6, 6.07) is 4.37. The van der Waals surface area contributed by atoms with Gasteiger partial charge in [0.1, 0.15) is 12.0 Å². The zero-order chi connectivity index (χ0) is 26.5. The zero-order valence-corrected chi connectivity index (χ0v) is 20.8. The monoisotopic (exact) mass is 520 g/mol. The van der Waals surface area contributed by atoms with E-state index in [9.17, 15) is 4.79 Å². The van der Waals surface area contributed by atoms with Crippen molar-refractivity contribution in [2.75, 3.05) is 39.4 Å². The number of H-pyrrole nitrogens is 1. The highest BCUT2D eigenvalue weighted by molar-refractivity contribution is 5.83. The number of nitrogens with one attached hydrogen (secondary N) is 2. The van der Waals surface area contributed by atoms with Crippen molar-refractivity contribution in [1.29, 1.82) is 0 Å². The lowest BCUT2D eigenvalue weighted by Crippen LogP contribution is -2.60. The fraction of sp³-hybridized carbons (Fsp3) is 0.625. The second-order valence-electron chi connectivity index (χ2n) is 9.40. The molecule has 4 N–H and O–H groups in total. The Hall–Kier alpha value is -3.29. The Kier molecular flexibility index (Phi) is 11.0. The van der Waals surface area contributed by atoms with Crippen molar-refractivity contribution in [2.24, 2.45) is 11.3 Å². The molecule has 13 nitrogen and oxygen atoms in total. The molecule has 204 valence electrons. The third-order valence-corrected chi connectivity index (χ3v) is 7.45. The molecule has 2 aliphatic heterocycles. The van der Waals surface area contributed by atoms with Crippen LogP contribution in [0.15, 0.2) is 29.1 Å². The number of piperidine rings is 1. The Morgan fingerprint density at radius 3 is 2.59 bits per heavy atom. The van der Waals surface area contributed by atoms with Gasteiger partial charge in [-0.2, -0.15) is 5.10 Å². The molecule has 4 heterocycles. The SMILES string of the molecule is O=C(NCc1ccon1)[C@@]12CC[C@H](N3CCOCC3)C[C@H]1CCN(Cc1ccn[nH]1)C2.O=CO.O=CO. The summed E-state index contributed by atoms with van der Waals surface area (Å²) in [5.74, 6) is 0.555. The van der Waals surface area contributed by atoms with Crippen molar-refractivity contribution in [3.8, 4) is 0 Å². The number of carboxylic acid groups (broad SMARTS) is 2.